The number of benzene rings is 1. The number of carboxylic acid groups (broad SMARTS) is 1. The predicted octanol–water partition coefficient (Wildman–Crippen LogP) is 1.32. The molecule has 0 radical (unpaired) electrons. The summed E-state index contributed by atoms with van der Waals surface area (Å²) in [5, 5.41) is 10.8. The van der Waals surface area contributed by atoms with Crippen LogP contribution in [0.5, 0.6) is 0 Å². The van der Waals surface area contributed by atoms with Crippen LogP contribution in [0.2, 0.25) is 0 Å². The monoisotopic (exact) mass is 269 g/mol. The van der Waals surface area contributed by atoms with E-state index in [0.717, 1.165) is 4.57 Å². The number of rotatable bonds is 4. The molecule has 0 bridgehead atoms. The van der Waals surface area contributed by atoms with Gasteiger partial charge in [-0.2, -0.15) is 0 Å². The first kappa shape index (κ1) is 13.1. The lowest BCUT2D eigenvalue weighted by atomic mass is 10.2. The highest BCUT2D eigenvalue weighted by Gasteiger charge is 2.14. The Morgan fingerprint density at radius 1 is 1.32 bits per heavy atom. The van der Waals surface area contributed by atoms with E-state index in [1.54, 1.807) is 0 Å². The van der Waals surface area contributed by atoms with Gasteiger partial charge < -0.3 is 14.5 Å². The first-order valence-corrected chi connectivity index (χ1v) is 5.30. The fourth-order valence-corrected chi connectivity index (χ4v) is 1.63. The average molecular weight is 269 g/mol. The van der Waals surface area contributed by atoms with Gasteiger partial charge in [-0.15, -0.1) is 0 Å². The molecule has 4 nitrogen and oxygen atoms in total. The summed E-state index contributed by atoms with van der Waals surface area (Å²) in [5.74, 6) is -2.69. The Labute approximate surface area is 106 Å². The van der Waals surface area contributed by atoms with Gasteiger partial charge in [-0.05, 0) is 24.3 Å². The highest BCUT2D eigenvalue weighted by Crippen LogP contribution is 2.19. The molecule has 1 heterocycles. The van der Waals surface area contributed by atoms with Crippen molar-refractivity contribution in [1.29, 1.82) is 0 Å². The molecular formula is C12H8F3N2O2-. The third-order valence-corrected chi connectivity index (χ3v) is 2.43. The summed E-state index contributed by atoms with van der Waals surface area (Å²) in [6.45, 7) is -0.794. The number of halogens is 3. The molecule has 0 aliphatic rings. The van der Waals surface area contributed by atoms with Crippen LogP contribution >= 0.6 is 0 Å². The average Bonchev–Trinajstić information content (AvgIpc) is 2.73. The van der Waals surface area contributed by atoms with Crippen LogP contribution in [0.15, 0.2) is 30.5 Å². The van der Waals surface area contributed by atoms with Crippen LogP contribution in [-0.2, 0) is 6.54 Å². The first-order valence-electron chi connectivity index (χ1n) is 5.30. The standard InChI is InChI=1S/C12H9F3N2O2/c13-8-3-1-7(2-4-8)9-5-17(6-10(14)15)11(16-9)12(18)19/h1-5,10H,6H2,(H,18,19)/p-1. The van der Waals surface area contributed by atoms with Crippen molar-refractivity contribution in [3.05, 3.63) is 42.1 Å². The second-order valence-corrected chi connectivity index (χ2v) is 3.79. The van der Waals surface area contributed by atoms with E-state index in [2.05, 4.69) is 4.98 Å². The Morgan fingerprint density at radius 3 is 2.47 bits per heavy atom. The van der Waals surface area contributed by atoms with Crippen molar-refractivity contribution in [1.82, 2.24) is 9.55 Å². The van der Waals surface area contributed by atoms with Crippen molar-refractivity contribution < 1.29 is 23.1 Å². The molecule has 0 aliphatic heterocycles. The van der Waals surface area contributed by atoms with Crippen LogP contribution < -0.4 is 5.11 Å². The zero-order chi connectivity index (χ0) is 14.0. The minimum atomic E-state index is -2.71. The number of hydrogen-bond acceptors (Lipinski definition) is 3. The quantitative estimate of drug-likeness (QED) is 0.841. The maximum atomic E-state index is 12.8. The zero-order valence-corrected chi connectivity index (χ0v) is 9.52. The molecule has 7 heteroatoms. The van der Waals surface area contributed by atoms with Crippen molar-refractivity contribution in [3.8, 4) is 11.3 Å². The van der Waals surface area contributed by atoms with Gasteiger partial charge in [-0.1, -0.05) is 0 Å². The smallest absolute Gasteiger partial charge is 0.256 e. The third-order valence-electron chi connectivity index (χ3n) is 2.43. The molecule has 19 heavy (non-hydrogen) atoms. The van der Waals surface area contributed by atoms with Crippen molar-refractivity contribution in [2.45, 2.75) is 13.0 Å². The van der Waals surface area contributed by atoms with Gasteiger partial charge in [0.25, 0.3) is 6.43 Å². The van der Waals surface area contributed by atoms with E-state index in [-0.39, 0.29) is 5.69 Å². The van der Waals surface area contributed by atoms with Crippen LogP contribution in [0.3, 0.4) is 0 Å². The second-order valence-electron chi connectivity index (χ2n) is 3.79. The van der Waals surface area contributed by atoms with Gasteiger partial charge in [0.05, 0.1) is 12.2 Å². The van der Waals surface area contributed by atoms with Crippen molar-refractivity contribution >= 4 is 5.97 Å². The first-order chi connectivity index (χ1) is 8.97. The number of carboxylic acids is 1. The van der Waals surface area contributed by atoms with Crippen LogP contribution in [0.4, 0.5) is 13.2 Å². The molecule has 0 unspecified atom stereocenters. The maximum absolute atomic E-state index is 12.8. The second kappa shape index (κ2) is 5.13. The number of nitrogens with zero attached hydrogens (tertiary/aromatic N) is 2. The Balaban J connectivity index is 2.42. The van der Waals surface area contributed by atoms with Crippen LogP contribution in [0.1, 0.15) is 10.6 Å². The van der Waals surface area contributed by atoms with Crippen LogP contribution in [0, 0.1) is 5.82 Å². The maximum Gasteiger partial charge on any atom is 0.256 e. The van der Waals surface area contributed by atoms with Crippen molar-refractivity contribution in [2.24, 2.45) is 0 Å². The molecule has 2 aromatic rings. The van der Waals surface area contributed by atoms with E-state index >= 15 is 0 Å². The molecule has 0 spiro atoms. The largest absolute Gasteiger partial charge is 0.542 e. The van der Waals surface area contributed by atoms with E-state index in [0.29, 0.717) is 5.56 Å². The van der Waals surface area contributed by atoms with Gasteiger partial charge in [0.1, 0.15) is 11.8 Å². The SMILES string of the molecule is O=C([O-])c1nc(-c2ccc(F)cc2)cn1CC(F)F. The van der Waals surface area contributed by atoms with E-state index in [1.165, 1.54) is 30.5 Å². The van der Waals surface area contributed by atoms with Gasteiger partial charge >= 0.3 is 0 Å². The molecule has 100 valence electrons. The van der Waals surface area contributed by atoms with Gasteiger partial charge in [-0.3, -0.25) is 0 Å². The number of carbonyl (C=O) groups is 1. The number of aromatic carboxylic acids is 1. The summed E-state index contributed by atoms with van der Waals surface area (Å²) in [6.07, 6.45) is -1.54. The summed E-state index contributed by atoms with van der Waals surface area (Å²) >= 11 is 0. The van der Waals surface area contributed by atoms with E-state index in [9.17, 15) is 23.1 Å². The summed E-state index contributed by atoms with van der Waals surface area (Å²) in [6, 6.07) is 5.09. The number of alkyl halides is 2. The lowest BCUT2D eigenvalue weighted by molar-refractivity contribution is -0.256. The Bertz CT molecular complexity index is 594. The van der Waals surface area contributed by atoms with Crippen LogP contribution in [0.25, 0.3) is 11.3 Å². The van der Waals surface area contributed by atoms with E-state index < -0.39 is 30.6 Å². The normalized spacial score (nSPS) is 10.9. The molecule has 0 N–H and O–H groups in total. The molecule has 0 atom stereocenters. The fourth-order valence-electron chi connectivity index (χ4n) is 1.63. The Kier molecular flexibility index (Phi) is 3.55. The van der Waals surface area contributed by atoms with Crippen molar-refractivity contribution in [2.75, 3.05) is 0 Å². The van der Waals surface area contributed by atoms with Crippen molar-refractivity contribution in [3.63, 3.8) is 0 Å². The van der Waals surface area contributed by atoms with Gasteiger partial charge in [0, 0.05) is 11.8 Å². The summed E-state index contributed by atoms with van der Waals surface area (Å²) in [7, 11) is 0. The molecular weight excluding hydrogens is 261 g/mol. The van der Waals surface area contributed by atoms with E-state index in [1.807, 2.05) is 0 Å². The molecule has 2 rings (SSSR count). The topological polar surface area (TPSA) is 57.9 Å². The Hall–Kier alpha value is -2.31. The zero-order valence-electron chi connectivity index (χ0n) is 9.52. The lowest BCUT2D eigenvalue weighted by Crippen LogP contribution is -2.27. The third kappa shape index (κ3) is 2.93. The molecule has 1 aromatic heterocycles. The van der Waals surface area contributed by atoms with Gasteiger partial charge in [0.15, 0.2) is 5.82 Å². The minimum absolute atomic E-state index is 0.167. The molecule has 0 saturated carbocycles. The predicted molar refractivity (Wildman–Crippen MR) is 58.0 cm³/mol. The highest BCUT2D eigenvalue weighted by atomic mass is 19.3. The molecule has 0 aliphatic carbocycles. The minimum Gasteiger partial charge on any atom is -0.542 e. The van der Waals surface area contributed by atoms with E-state index in [4.69, 9.17) is 0 Å². The number of aromatic nitrogens is 2. The lowest BCUT2D eigenvalue weighted by Gasteiger charge is -2.06. The molecule has 1 aromatic carbocycles. The van der Waals surface area contributed by atoms with Crippen LogP contribution in [-0.4, -0.2) is 21.9 Å². The molecule has 0 amide bonds. The number of imidazole rings is 1. The Morgan fingerprint density at radius 2 is 1.95 bits per heavy atom. The molecule has 0 saturated heterocycles. The highest BCUT2D eigenvalue weighted by molar-refractivity contribution is 5.82. The summed E-state index contributed by atoms with van der Waals surface area (Å²) in [4.78, 5) is 14.5. The van der Waals surface area contributed by atoms with Gasteiger partial charge in [0.2, 0.25) is 0 Å². The van der Waals surface area contributed by atoms with Gasteiger partial charge in [-0.25, -0.2) is 18.2 Å². The number of hydrogen-bond donors (Lipinski definition) is 0. The molecule has 0 fully saturated rings. The number of carbonyl (C=O) groups excluding carboxylic acids is 1. The fraction of sp³-hybridized carbons (Fsp3) is 0.167. The summed E-state index contributed by atoms with van der Waals surface area (Å²) < 4.78 is 38.2. The summed E-state index contributed by atoms with van der Waals surface area (Å²) in [5.41, 5.74) is 0.594.